The zero-order valence-electron chi connectivity index (χ0n) is 8.12. The van der Waals surface area contributed by atoms with Crippen LogP contribution in [0.4, 0.5) is 18.0 Å². The van der Waals surface area contributed by atoms with Crippen molar-refractivity contribution in [1.29, 1.82) is 0 Å². The van der Waals surface area contributed by atoms with E-state index in [0.29, 0.717) is 11.3 Å². The molecule has 0 radical (unpaired) electrons. The second-order valence-corrected chi connectivity index (χ2v) is 3.42. The summed E-state index contributed by atoms with van der Waals surface area (Å²) in [4.78, 5) is 11.0. The maximum absolute atomic E-state index is 12.5. The Hall–Kier alpha value is -0.980. The number of carboxylic acid groups (broad SMARTS) is 1. The number of hydrogen-bond acceptors (Lipinski definition) is 2. The van der Waals surface area contributed by atoms with Gasteiger partial charge in [0.05, 0.1) is 6.10 Å². The lowest BCUT2D eigenvalue weighted by molar-refractivity contribution is -0.194. The lowest BCUT2D eigenvalue weighted by Crippen LogP contribution is -2.54. The van der Waals surface area contributed by atoms with E-state index in [1.807, 2.05) is 0 Å². The molecule has 0 spiro atoms. The molecule has 1 amide bonds. The molecule has 1 aliphatic heterocycles. The lowest BCUT2D eigenvalue weighted by Gasteiger charge is -2.37. The number of rotatable bonds is 1. The van der Waals surface area contributed by atoms with Gasteiger partial charge in [-0.15, -0.1) is 0 Å². The van der Waals surface area contributed by atoms with E-state index in [0.717, 1.165) is 0 Å². The van der Waals surface area contributed by atoms with E-state index >= 15 is 0 Å². The number of nitrogens with zero attached hydrogens (tertiary/aromatic N) is 1. The molecule has 1 N–H and O–H groups in total. The first-order valence-electron chi connectivity index (χ1n) is 4.45. The van der Waals surface area contributed by atoms with Gasteiger partial charge in [-0.1, -0.05) is 0 Å². The minimum atomic E-state index is -4.53. The third kappa shape index (κ3) is 2.74. The van der Waals surface area contributed by atoms with Gasteiger partial charge in [0.15, 0.2) is 0 Å². The van der Waals surface area contributed by atoms with Crippen LogP contribution < -0.4 is 0 Å². The zero-order chi connectivity index (χ0) is 11.6. The standard InChI is InChI=1S/C8H12F3NO3/c1-15-5-2-3-12(7(13)14)6(4-5)8(9,10)11/h5-6H,2-4H2,1H3,(H,13,14). The van der Waals surface area contributed by atoms with Gasteiger partial charge in [0.2, 0.25) is 0 Å². The van der Waals surface area contributed by atoms with Gasteiger partial charge in [-0.25, -0.2) is 4.79 Å². The van der Waals surface area contributed by atoms with E-state index in [-0.39, 0.29) is 13.0 Å². The van der Waals surface area contributed by atoms with Gasteiger partial charge in [0.1, 0.15) is 6.04 Å². The van der Waals surface area contributed by atoms with Crippen LogP contribution >= 0.6 is 0 Å². The van der Waals surface area contributed by atoms with Crippen molar-refractivity contribution < 1.29 is 27.8 Å². The molecule has 2 unspecified atom stereocenters. The van der Waals surface area contributed by atoms with Gasteiger partial charge in [-0.3, -0.25) is 4.90 Å². The van der Waals surface area contributed by atoms with E-state index in [9.17, 15) is 18.0 Å². The first kappa shape index (κ1) is 12.1. The van der Waals surface area contributed by atoms with Crippen molar-refractivity contribution in [3.05, 3.63) is 0 Å². The quantitative estimate of drug-likeness (QED) is 0.741. The summed E-state index contributed by atoms with van der Waals surface area (Å²) in [5, 5.41) is 8.62. The van der Waals surface area contributed by atoms with Crippen molar-refractivity contribution in [2.75, 3.05) is 13.7 Å². The number of amides is 1. The van der Waals surface area contributed by atoms with Crippen LogP contribution in [-0.4, -0.2) is 48.1 Å². The number of carbonyl (C=O) groups is 1. The molecule has 0 bridgehead atoms. The van der Waals surface area contributed by atoms with Crippen LogP contribution in [0.5, 0.6) is 0 Å². The fourth-order valence-electron chi connectivity index (χ4n) is 1.69. The topological polar surface area (TPSA) is 49.8 Å². The van der Waals surface area contributed by atoms with E-state index in [2.05, 4.69) is 0 Å². The SMILES string of the molecule is COC1CCN(C(=O)O)C(C(F)(F)F)C1. The Kier molecular flexibility index (Phi) is 3.43. The Balaban J connectivity index is 2.78. The summed E-state index contributed by atoms with van der Waals surface area (Å²) in [7, 11) is 1.33. The molecule has 0 aromatic carbocycles. The van der Waals surface area contributed by atoms with Crippen LogP contribution in [0.1, 0.15) is 12.8 Å². The summed E-state index contributed by atoms with van der Waals surface area (Å²) in [6.07, 6.45) is -6.61. The highest BCUT2D eigenvalue weighted by Gasteiger charge is 2.48. The van der Waals surface area contributed by atoms with Crippen LogP contribution in [0.3, 0.4) is 0 Å². The Morgan fingerprint density at radius 3 is 2.53 bits per heavy atom. The fraction of sp³-hybridized carbons (Fsp3) is 0.875. The number of hydrogen-bond donors (Lipinski definition) is 1. The number of piperidine rings is 1. The summed E-state index contributed by atoms with van der Waals surface area (Å²) >= 11 is 0. The summed E-state index contributed by atoms with van der Waals surface area (Å²) in [6, 6.07) is -1.95. The van der Waals surface area contributed by atoms with Crippen LogP contribution in [0, 0.1) is 0 Å². The van der Waals surface area contributed by atoms with Crippen molar-refractivity contribution in [2.24, 2.45) is 0 Å². The minimum Gasteiger partial charge on any atom is -0.465 e. The summed E-state index contributed by atoms with van der Waals surface area (Å²) < 4.78 is 42.3. The molecule has 1 saturated heterocycles. The average molecular weight is 227 g/mol. The summed E-state index contributed by atoms with van der Waals surface area (Å²) in [5.74, 6) is 0. The van der Waals surface area contributed by atoms with Gasteiger partial charge < -0.3 is 9.84 Å². The molecule has 1 fully saturated rings. The van der Waals surface area contributed by atoms with Gasteiger partial charge in [0, 0.05) is 20.1 Å². The Bertz CT molecular complexity index is 244. The van der Waals surface area contributed by atoms with Crippen LogP contribution in [0.15, 0.2) is 0 Å². The number of likely N-dealkylation sites (tertiary alicyclic amines) is 1. The molecule has 1 rings (SSSR count). The van der Waals surface area contributed by atoms with Crippen molar-refractivity contribution >= 4 is 6.09 Å². The molecular formula is C8H12F3NO3. The van der Waals surface area contributed by atoms with Crippen molar-refractivity contribution in [2.45, 2.75) is 31.2 Å². The molecule has 15 heavy (non-hydrogen) atoms. The molecule has 0 aliphatic carbocycles. The second-order valence-electron chi connectivity index (χ2n) is 3.42. The maximum atomic E-state index is 12.5. The van der Waals surface area contributed by atoms with E-state index in [4.69, 9.17) is 9.84 Å². The summed E-state index contributed by atoms with van der Waals surface area (Å²) in [6.45, 7) is -0.141. The third-order valence-corrected chi connectivity index (χ3v) is 2.51. The monoisotopic (exact) mass is 227 g/mol. The Morgan fingerprint density at radius 1 is 1.53 bits per heavy atom. The third-order valence-electron chi connectivity index (χ3n) is 2.51. The average Bonchev–Trinajstić information content (AvgIpc) is 2.15. The molecule has 1 heterocycles. The number of ether oxygens (including phenoxy) is 1. The molecule has 0 aromatic rings. The van der Waals surface area contributed by atoms with Gasteiger partial charge in [-0.05, 0) is 6.42 Å². The van der Waals surface area contributed by atoms with Crippen molar-refractivity contribution in [1.82, 2.24) is 4.90 Å². The predicted molar refractivity (Wildman–Crippen MR) is 44.6 cm³/mol. The molecule has 2 atom stereocenters. The molecule has 7 heteroatoms. The van der Waals surface area contributed by atoms with Gasteiger partial charge >= 0.3 is 12.3 Å². The van der Waals surface area contributed by atoms with Crippen molar-refractivity contribution in [3.8, 4) is 0 Å². The summed E-state index contributed by atoms with van der Waals surface area (Å²) in [5.41, 5.74) is 0. The molecule has 0 aromatic heterocycles. The highest BCUT2D eigenvalue weighted by molar-refractivity contribution is 5.65. The van der Waals surface area contributed by atoms with Gasteiger partial charge in [0.25, 0.3) is 0 Å². The Morgan fingerprint density at radius 2 is 2.13 bits per heavy atom. The minimum absolute atomic E-state index is 0.141. The van der Waals surface area contributed by atoms with Gasteiger partial charge in [-0.2, -0.15) is 13.2 Å². The van der Waals surface area contributed by atoms with Crippen LogP contribution in [0.25, 0.3) is 0 Å². The largest absolute Gasteiger partial charge is 0.465 e. The lowest BCUT2D eigenvalue weighted by atomic mass is 9.99. The highest BCUT2D eigenvalue weighted by atomic mass is 19.4. The first-order chi connectivity index (χ1) is 6.86. The normalized spacial score (nSPS) is 27.9. The van der Waals surface area contributed by atoms with E-state index in [1.54, 1.807) is 0 Å². The number of halogens is 3. The van der Waals surface area contributed by atoms with Crippen molar-refractivity contribution in [3.63, 3.8) is 0 Å². The molecule has 88 valence electrons. The van der Waals surface area contributed by atoms with Crippen LogP contribution in [0.2, 0.25) is 0 Å². The van der Waals surface area contributed by atoms with Crippen LogP contribution in [-0.2, 0) is 4.74 Å². The first-order valence-corrected chi connectivity index (χ1v) is 4.45. The zero-order valence-corrected chi connectivity index (χ0v) is 8.12. The fourth-order valence-corrected chi connectivity index (χ4v) is 1.69. The molecule has 1 aliphatic rings. The predicted octanol–water partition coefficient (Wildman–Crippen LogP) is 1.71. The maximum Gasteiger partial charge on any atom is 0.409 e. The number of methoxy groups -OCH3 is 1. The second kappa shape index (κ2) is 4.26. The Labute approximate surface area is 84.6 Å². The molecule has 0 saturated carbocycles. The smallest absolute Gasteiger partial charge is 0.409 e. The molecular weight excluding hydrogens is 215 g/mol. The molecule has 4 nitrogen and oxygen atoms in total. The van der Waals surface area contributed by atoms with E-state index < -0.39 is 24.4 Å². The number of alkyl halides is 3. The van der Waals surface area contributed by atoms with E-state index in [1.165, 1.54) is 7.11 Å². The highest BCUT2D eigenvalue weighted by Crippen LogP contribution is 2.32.